The Kier molecular flexibility index (Phi) is 5.14. The molecule has 1 aliphatic heterocycles. The molecule has 4 rings (SSSR count). The molecule has 152 valence electrons. The molecule has 0 radical (unpaired) electrons. The number of nitrogens with zero attached hydrogens (tertiary/aromatic N) is 1. The quantitative estimate of drug-likeness (QED) is 0.618. The van der Waals surface area contributed by atoms with Crippen LogP contribution >= 0.6 is 0 Å². The number of aryl methyl sites for hydroxylation is 1. The van der Waals surface area contributed by atoms with Crippen molar-refractivity contribution in [3.8, 4) is 5.75 Å². The molecule has 0 aliphatic carbocycles. The van der Waals surface area contributed by atoms with Crippen LogP contribution in [0.1, 0.15) is 33.5 Å². The Morgan fingerprint density at radius 1 is 1.07 bits per heavy atom. The summed E-state index contributed by atoms with van der Waals surface area (Å²) in [6.45, 7) is 1.97. The second-order valence-electron chi connectivity index (χ2n) is 7.10. The fraction of sp³-hybridized carbons (Fsp3) is 0.167. The lowest BCUT2D eigenvalue weighted by Gasteiger charge is -2.27. The maximum absolute atomic E-state index is 13.2. The van der Waals surface area contributed by atoms with Crippen LogP contribution in [-0.4, -0.2) is 28.8 Å². The molecule has 1 aromatic heterocycles. The zero-order valence-corrected chi connectivity index (χ0v) is 16.7. The van der Waals surface area contributed by atoms with Crippen LogP contribution in [-0.2, 0) is 11.3 Å². The van der Waals surface area contributed by atoms with Crippen LogP contribution < -0.4 is 4.74 Å². The van der Waals surface area contributed by atoms with Gasteiger partial charge in [0.15, 0.2) is 11.5 Å². The molecule has 0 saturated carbocycles. The number of aliphatic hydroxyl groups is 1. The highest BCUT2D eigenvalue weighted by atomic mass is 16.5. The average Bonchev–Trinajstić information content (AvgIpc) is 3.31. The fourth-order valence-corrected chi connectivity index (χ4v) is 3.65. The smallest absolute Gasteiger partial charge is 0.290 e. The first-order chi connectivity index (χ1) is 14.5. The molecule has 1 aliphatic rings. The highest BCUT2D eigenvalue weighted by molar-refractivity contribution is 6.15. The molecule has 0 saturated heterocycles. The van der Waals surface area contributed by atoms with E-state index in [1.54, 1.807) is 50.4 Å². The molecule has 30 heavy (non-hydrogen) atoms. The largest absolute Gasteiger partial charge is 0.503 e. The lowest BCUT2D eigenvalue weighted by Crippen LogP contribution is -2.30. The van der Waals surface area contributed by atoms with Gasteiger partial charge in [0.1, 0.15) is 11.5 Å². The van der Waals surface area contributed by atoms with Crippen molar-refractivity contribution in [3.63, 3.8) is 0 Å². The van der Waals surface area contributed by atoms with Gasteiger partial charge in [-0.2, -0.15) is 0 Å². The predicted molar refractivity (Wildman–Crippen MR) is 110 cm³/mol. The monoisotopic (exact) mass is 403 g/mol. The summed E-state index contributed by atoms with van der Waals surface area (Å²) < 4.78 is 10.7. The number of rotatable bonds is 6. The summed E-state index contributed by atoms with van der Waals surface area (Å²) in [6.07, 6.45) is 0. The van der Waals surface area contributed by atoms with Crippen LogP contribution in [0.5, 0.6) is 5.75 Å². The molecule has 1 amide bonds. The molecule has 6 heteroatoms. The van der Waals surface area contributed by atoms with Crippen molar-refractivity contribution >= 4 is 11.7 Å². The number of benzene rings is 2. The Balaban J connectivity index is 1.79. The molecular formula is C24H21NO5. The van der Waals surface area contributed by atoms with E-state index < -0.39 is 23.5 Å². The lowest BCUT2D eigenvalue weighted by atomic mass is 9.95. The van der Waals surface area contributed by atoms with Gasteiger partial charge in [-0.3, -0.25) is 9.59 Å². The maximum Gasteiger partial charge on any atom is 0.290 e. The number of amides is 1. The van der Waals surface area contributed by atoms with Gasteiger partial charge in [-0.1, -0.05) is 42.5 Å². The Bertz CT molecular complexity index is 1110. The van der Waals surface area contributed by atoms with Crippen LogP contribution in [0.25, 0.3) is 0 Å². The van der Waals surface area contributed by atoms with Crippen LogP contribution in [0.2, 0.25) is 0 Å². The molecule has 2 heterocycles. The topological polar surface area (TPSA) is 80.0 Å². The van der Waals surface area contributed by atoms with E-state index in [1.807, 2.05) is 30.3 Å². The molecule has 1 N–H and O–H groups in total. The third-order valence-corrected chi connectivity index (χ3v) is 5.14. The Hall–Kier alpha value is -3.80. The number of Topliss-reactive ketones (excluding diaryl/α,β-unsaturated/α-hetero) is 1. The second-order valence-corrected chi connectivity index (χ2v) is 7.10. The van der Waals surface area contributed by atoms with E-state index in [1.165, 1.54) is 4.90 Å². The number of hydrogen-bond acceptors (Lipinski definition) is 5. The van der Waals surface area contributed by atoms with E-state index in [9.17, 15) is 14.7 Å². The minimum Gasteiger partial charge on any atom is -0.503 e. The number of carbonyl (C=O) groups excluding carboxylic acids is 2. The minimum atomic E-state index is -0.749. The number of methoxy groups -OCH3 is 1. The van der Waals surface area contributed by atoms with Crippen molar-refractivity contribution in [1.82, 2.24) is 4.90 Å². The van der Waals surface area contributed by atoms with Gasteiger partial charge in [0.25, 0.3) is 5.91 Å². The van der Waals surface area contributed by atoms with Gasteiger partial charge in [0.05, 0.1) is 18.7 Å². The summed E-state index contributed by atoms with van der Waals surface area (Å²) in [5, 5.41) is 10.7. The van der Waals surface area contributed by atoms with Crippen molar-refractivity contribution in [2.24, 2.45) is 0 Å². The van der Waals surface area contributed by atoms with Crippen LogP contribution in [0.4, 0.5) is 0 Å². The summed E-state index contributed by atoms with van der Waals surface area (Å²) in [7, 11) is 1.57. The number of furan rings is 1. The zero-order chi connectivity index (χ0) is 21.3. The number of hydrogen-bond donors (Lipinski definition) is 1. The van der Waals surface area contributed by atoms with Gasteiger partial charge >= 0.3 is 0 Å². The summed E-state index contributed by atoms with van der Waals surface area (Å²) in [6, 6.07) is 19.0. The molecule has 0 spiro atoms. The van der Waals surface area contributed by atoms with Crippen molar-refractivity contribution in [2.45, 2.75) is 19.5 Å². The van der Waals surface area contributed by atoms with Gasteiger partial charge in [-0.05, 0) is 42.3 Å². The molecule has 0 fully saturated rings. The molecule has 2 aromatic carbocycles. The zero-order valence-electron chi connectivity index (χ0n) is 16.7. The van der Waals surface area contributed by atoms with Crippen LogP contribution in [0.3, 0.4) is 0 Å². The first kappa shape index (κ1) is 19.5. The van der Waals surface area contributed by atoms with Gasteiger partial charge in [-0.25, -0.2) is 0 Å². The number of carbonyl (C=O) groups is 2. The lowest BCUT2D eigenvalue weighted by molar-refractivity contribution is -0.130. The van der Waals surface area contributed by atoms with Gasteiger partial charge in [-0.15, -0.1) is 0 Å². The summed E-state index contributed by atoms with van der Waals surface area (Å²) in [5.74, 6) is -0.338. The van der Waals surface area contributed by atoms with Crippen molar-refractivity contribution in [1.29, 1.82) is 0 Å². The van der Waals surface area contributed by atoms with Gasteiger partial charge in [0.2, 0.25) is 5.78 Å². The summed E-state index contributed by atoms with van der Waals surface area (Å²) in [5.41, 5.74) is 1.59. The molecule has 0 bridgehead atoms. The summed E-state index contributed by atoms with van der Waals surface area (Å²) >= 11 is 0. The highest BCUT2D eigenvalue weighted by Crippen LogP contribution is 2.40. The standard InChI is InChI=1S/C24H21NO5/c1-15-8-13-19(30-15)22(26)20-21(17-9-11-18(29-2)12-10-17)25(24(28)23(20)27)14-16-6-4-3-5-7-16/h3-13,21,27H,14H2,1-2H3. The molecule has 3 aromatic rings. The maximum atomic E-state index is 13.2. The third-order valence-electron chi connectivity index (χ3n) is 5.14. The van der Waals surface area contributed by atoms with Gasteiger partial charge in [0, 0.05) is 6.54 Å². The number of ether oxygens (including phenoxy) is 1. The molecule has 1 unspecified atom stereocenters. The fourth-order valence-electron chi connectivity index (χ4n) is 3.65. The van der Waals surface area contributed by atoms with Crippen LogP contribution in [0, 0.1) is 6.92 Å². The Labute approximate surface area is 174 Å². The predicted octanol–water partition coefficient (Wildman–Crippen LogP) is 4.38. The summed E-state index contributed by atoms with van der Waals surface area (Å²) in [4.78, 5) is 27.7. The Morgan fingerprint density at radius 3 is 2.37 bits per heavy atom. The molecular weight excluding hydrogens is 382 g/mol. The van der Waals surface area contributed by atoms with E-state index in [4.69, 9.17) is 9.15 Å². The average molecular weight is 403 g/mol. The van der Waals surface area contributed by atoms with E-state index in [0.29, 0.717) is 17.1 Å². The van der Waals surface area contributed by atoms with E-state index >= 15 is 0 Å². The Morgan fingerprint density at radius 2 is 1.77 bits per heavy atom. The normalized spacial score (nSPS) is 16.3. The minimum absolute atomic E-state index is 0.00967. The van der Waals surface area contributed by atoms with Crippen molar-refractivity contribution < 1.29 is 23.8 Å². The first-order valence-corrected chi connectivity index (χ1v) is 9.52. The number of ketones is 1. The highest BCUT2D eigenvalue weighted by Gasteiger charge is 2.44. The van der Waals surface area contributed by atoms with E-state index in [-0.39, 0.29) is 17.9 Å². The van der Waals surface area contributed by atoms with E-state index in [2.05, 4.69) is 0 Å². The second kappa shape index (κ2) is 7.91. The van der Waals surface area contributed by atoms with E-state index in [0.717, 1.165) is 5.56 Å². The van der Waals surface area contributed by atoms with Crippen molar-refractivity contribution in [2.75, 3.05) is 7.11 Å². The van der Waals surface area contributed by atoms with Crippen LogP contribution in [0.15, 0.2) is 82.5 Å². The molecule has 6 nitrogen and oxygen atoms in total. The third kappa shape index (κ3) is 3.48. The van der Waals surface area contributed by atoms with Gasteiger partial charge < -0.3 is 19.2 Å². The van der Waals surface area contributed by atoms with Crippen molar-refractivity contribution in [3.05, 3.63) is 101 Å². The first-order valence-electron chi connectivity index (χ1n) is 9.52. The number of aliphatic hydroxyl groups excluding tert-OH is 1. The molecule has 1 atom stereocenters. The SMILES string of the molecule is COc1ccc(C2C(C(=O)c3ccc(C)o3)=C(O)C(=O)N2Cc2ccccc2)cc1.